The Labute approximate surface area is 296 Å². The summed E-state index contributed by atoms with van der Waals surface area (Å²) in [5.41, 5.74) is 2.37. The summed E-state index contributed by atoms with van der Waals surface area (Å²) in [6, 6.07) is 12.0. The third-order valence-corrected chi connectivity index (χ3v) is 9.12. The van der Waals surface area contributed by atoms with Gasteiger partial charge in [0, 0.05) is 44.4 Å². The monoisotopic (exact) mass is 689 g/mol. The van der Waals surface area contributed by atoms with Crippen LogP contribution in [0.3, 0.4) is 0 Å². The summed E-state index contributed by atoms with van der Waals surface area (Å²) in [6.07, 6.45) is 5.89. The Morgan fingerprint density at radius 1 is 0.900 bits per heavy atom. The first-order valence-corrected chi connectivity index (χ1v) is 18.2. The number of morpholine rings is 2. The molecule has 2 aliphatic rings. The normalized spacial score (nSPS) is 18.3. The maximum atomic E-state index is 13.1. The van der Waals surface area contributed by atoms with Gasteiger partial charge in [-0.1, -0.05) is 37.8 Å². The molecule has 0 aliphatic carbocycles. The van der Waals surface area contributed by atoms with Gasteiger partial charge in [-0.3, -0.25) is 4.79 Å². The lowest BCUT2D eigenvalue weighted by Crippen LogP contribution is -2.46. The SMILES string of the molecule is C[C@@H]1COCCN1c1nc(N2CCOC[C@H]2C)c2ccc(-c3cccc(C(=O)NCCCCCCCCN(C)C(=O)OC(C)(C)C)c3)nc2n1. The molecule has 0 radical (unpaired) electrons. The van der Waals surface area contributed by atoms with Crippen molar-refractivity contribution in [3.63, 3.8) is 0 Å². The van der Waals surface area contributed by atoms with Crippen LogP contribution in [0.4, 0.5) is 16.6 Å². The van der Waals surface area contributed by atoms with Crippen LogP contribution in [0.1, 0.15) is 83.5 Å². The molecule has 2 aromatic heterocycles. The first-order valence-electron chi connectivity index (χ1n) is 18.2. The fourth-order valence-electron chi connectivity index (χ4n) is 6.29. The summed E-state index contributed by atoms with van der Waals surface area (Å²) in [6.45, 7) is 15.3. The van der Waals surface area contributed by atoms with Crippen molar-refractivity contribution in [2.75, 3.05) is 69.5 Å². The smallest absolute Gasteiger partial charge is 0.410 e. The summed E-state index contributed by atoms with van der Waals surface area (Å²) in [5.74, 6) is 1.44. The number of pyridine rings is 1. The average Bonchev–Trinajstić information content (AvgIpc) is 3.09. The van der Waals surface area contributed by atoms with Gasteiger partial charge in [-0.25, -0.2) is 9.78 Å². The van der Waals surface area contributed by atoms with Crippen molar-refractivity contribution in [3.8, 4) is 11.3 Å². The largest absolute Gasteiger partial charge is 0.444 e. The number of unbranched alkanes of at least 4 members (excludes halogenated alkanes) is 5. The van der Waals surface area contributed by atoms with Crippen LogP contribution in [0.5, 0.6) is 0 Å². The quantitative estimate of drug-likeness (QED) is 0.211. The second-order valence-corrected chi connectivity index (χ2v) is 14.5. The van der Waals surface area contributed by atoms with Crippen molar-refractivity contribution in [2.24, 2.45) is 0 Å². The Hall–Kier alpha value is -4.03. The Balaban J connectivity index is 1.17. The van der Waals surface area contributed by atoms with Crippen LogP contribution in [0, 0.1) is 0 Å². The minimum Gasteiger partial charge on any atom is -0.444 e. The highest BCUT2D eigenvalue weighted by Crippen LogP contribution is 2.31. The van der Waals surface area contributed by atoms with Gasteiger partial charge in [-0.05, 0) is 71.7 Å². The molecular weight excluding hydrogens is 634 g/mol. The number of aromatic nitrogens is 3. The first-order chi connectivity index (χ1) is 24.0. The van der Waals surface area contributed by atoms with Crippen molar-refractivity contribution in [1.82, 2.24) is 25.2 Å². The van der Waals surface area contributed by atoms with E-state index >= 15 is 0 Å². The molecule has 0 unspecified atom stereocenters. The van der Waals surface area contributed by atoms with Gasteiger partial charge < -0.3 is 34.2 Å². The van der Waals surface area contributed by atoms with Gasteiger partial charge in [0.25, 0.3) is 5.91 Å². The van der Waals surface area contributed by atoms with Crippen molar-refractivity contribution in [2.45, 2.75) is 90.8 Å². The van der Waals surface area contributed by atoms with E-state index in [1.165, 1.54) is 0 Å². The highest BCUT2D eigenvalue weighted by Gasteiger charge is 2.28. The third kappa shape index (κ3) is 10.0. The minimum absolute atomic E-state index is 0.0904. The number of ether oxygens (including phenoxy) is 3. The standard InChI is InChI=1S/C38H55N7O5/c1-27-25-48-22-20-44(27)34-31-16-17-32(40-33(31)41-36(42-34)45-21-23-49-26-28(45)2)29-14-13-15-30(24-29)35(46)39-18-11-9-7-8-10-12-19-43(6)37(47)50-38(3,4)5/h13-17,24,27-28H,7-12,18-23,25-26H2,1-6H3,(H,39,46)/t27-,28-/m1/s1. The van der Waals surface area contributed by atoms with E-state index in [0.717, 1.165) is 74.1 Å². The fraction of sp³-hybridized carbons (Fsp3) is 0.605. The molecule has 50 heavy (non-hydrogen) atoms. The van der Waals surface area contributed by atoms with E-state index in [2.05, 4.69) is 29.0 Å². The summed E-state index contributed by atoms with van der Waals surface area (Å²) in [7, 11) is 1.78. The molecule has 272 valence electrons. The summed E-state index contributed by atoms with van der Waals surface area (Å²) in [4.78, 5) is 46.4. The maximum absolute atomic E-state index is 13.1. The van der Waals surface area contributed by atoms with Gasteiger partial charge in [0.05, 0.1) is 49.6 Å². The van der Waals surface area contributed by atoms with Gasteiger partial charge in [0.1, 0.15) is 11.4 Å². The van der Waals surface area contributed by atoms with Gasteiger partial charge in [-0.15, -0.1) is 0 Å². The Kier molecular flexibility index (Phi) is 12.9. The van der Waals surface area contributed by atoms with Crippen LogP contribution < -0.4 is 15.1 Å². The van der Waals surface area contributed by atoms with Gasteiger partial charge >= 0.3 is 6.09 Å². The van der Waals surface area contributed by atoms with E-state index in [1.54, 1.807) is 11.9 Å². The first kappa shape index (κ1) is 37.2. The van der Waals surface area contributed by atoms with Crippen LogP contribution in [0.2, 0.25) is 0 Å². The molecular formula is C38H55N7O5. The van der Waals surface area contributed by atoms with Gasteiger partial charge in [-0.2, -0.15) is 9.97 Å². The number of fused-ring (bicyclic) bond motifs is 1. The molecule has 2 atom stereocenters. The van der Waals surface area contributed by atoms with Crippen LogP contribution in [-0.2, 0) is 14.2 Å². The number of rotatable bonds is 13. The van der Waals surface area contributed by atoms with Crippen LogP contribution >= 0.6 is 0 Å². The maximum Gasteiger partial charge on any atom is 0.410 e. The number of nitrogens with one attached hydrogen (secondary N) is 1. The number of hydrogen-bond donors (Lipinski definition) is 1. The van der Waals surface area contributed by atoms with E-state index in [0.29, 0.717) is 56.7 Å². The predicted molar refractivity (Wildman–Crippen MR) is 197 cm³/mol. The minimum atomic E-state index is -0.478. The number of hydrogen-bond acceptors (Lipinski definition) is 10. The molecule has 0 saturated carbocycles. The molecule has 12 nitrogen and oxygen atoms in total. The second kappa shape index (κ2) is 17.3. The highest BCUT2D eigenvalue weighted by atomic mass is 16.6. The number of nitrogens with zero attached hydrogens (tertiary/aromatic N) is 6. The van der Waals surface area contributed by atoms with Crippen molar-refractivity contribution in [1.29, 1.82) is 0 Å². The fourth-order valence-corrected chi connectivity index (χ4v) is 6.29. The van der Waals surface area contributed by atoms with E-state index in [4.69, 9.17) is 29.2 Å². The second-order valence-electron chi connectivity index (χ2n) is 14.5. The molecule has 12 heteroatoms. The summed E-state index contributed by atoms with van der Waals surface area (Å²) >= 11 is 0. The van der Waals surface area contributed by atoms with Crippen molar-refractivity contribution in [3.05, 3.63) is 42.0 Å². The predicted octanol–water partition coefficient (Wildman–Crippen LogP) is 6.08. The zero-order valence-corrected chi connectivity index (χ0v) is 30.7. The Bertz CT molecular complexity index is 1600. The van der Waals surface area contributed by atoms with Crippen molar-refractivity contribution < 1.29 is 23.8 Å². The van der Waals surface area contributed by atoms with Gasteiger partial charge in [0.2, 0.25) is 5.95 Å². The zero-order chi connectivity index (χ0) is 35.7. The summed E-state index contributed by atoms with van der Waals surface area (Å²) in [5, 5.41) is 3.98. The van der Waals surface area contributed by atoms with E-state index in [1.807, 2.05) is 57.2 Å². The van der Waals surface area contributed by atoms with E-state index < -0.39 is 5.60 Å². The van der Waals surface area contributed by atoms with Crippen LogP contribution in [-0.4, -0.2) is 109 Å². The lowest BCUT2D eigenvalue weighted by molar-refractivity contribution is 0.0296. The molecule has 2 amide bonds. The lowest BCUT2D eigenvalue weighted by Gasteiger charge is -2.37. The number of amides is 2. The number of carbonyl (C=O) groups is 2. The highest BCUT2D eigenvalue weighted by molar-refractivity contribution is 5.96. The number of benzene rings is 1. The number of carbonyl (C=O) groups excluding carboxylic acids is 2. The lowest BCUT2D eigenvalue weighted by atomic mass is 10.1. The summed E-state index contributed by atoms with van der Waals surface area (Å²) < 4.78 is 16.8. The van der Waals surface area contributed by atoms with E-state index in [9.17, 15) is 9.59 Å². The molecule has 4 heterocycles. The third-order valence-electron chi connectivity index (χ3n) is 9.12. The molecule has 2 fully saturated rings. The molecule has 5 rings (SSSR count). The average molecular weight is 690 g/mol. The van der Waals surface area contributed by atoms with Crippen LogP contribution in [0.25, 0.3) is 22.3 Å². The molecule has 2 aliphatic heterocycles. The Morgan fingerprint density at radius 3 is 2.28 bits per heavy atom. The van der Waals surface area contributed by atoms with Crippen LogP contribution in [0.15, 0.2) is 36.4 Å². The molecule has 3 aromatic rings. The zero-order valence-electron chi connectivity index (χ0n) is 30.7. The molecule has 2 saturated heterocycles. The molecule has 1 aromatic carbocycles. The van der Waals surface area contributed by atoms with Gasteiger partial charge in [0.15, 0.2) is 5.65 Å². The molecule has 1 N–H and O–H groups in total. The number of anilines is 2. The van der Waals surface area contributed by atoms with Crippen molar-refractivity contribution >= 4 is 34.8 Å². The topological polar surface area (TPSA) is 122 Å². The molecule has 0 bridgehead atoms. The Morgan fingerprint density at radius 2 is 1.58 bits per heavy atom. The van der Waals surface area contributed by atoms with E-state index in [-0.39, 0.29) is 24.1 Å². The molecule has 0 spiro atoms.